The summed E-state index contributed by atoms with van der Waals surface area (Å²) in [6, 6.07) is 11.4. The summed E-state index contributed by atoms with van der Waals surface area (Å²) in [4.78, 5) is 23.8. The number of methoxy groups -OCH3 is 1. The smallest absolute Gasteiger partial charge is 0.323 e. The molecule has 0 fully saturated rings. The van der Waals surface area contributed by atoms with Gasteiger partial charge in [-0.15, -0.1) is 0 Å². The van der Waals surface area contributed by atoms with Crippen LogP contribution in [0.5, 0.6) is 0 Å². The highest BCUT2D eigenvalue weighted by Crippen LogP contribution is 2.25. The molecule has 6 nitrogen and oxygen atoms in total. The van der Waals surface area contributed by atoms with Crippen LogP contribution in [-0.2, 0) is 16.0 Å². The average Bonchev–Trinajstić information content (AvgIpc) is 2.60. The SMILES string of the molecule is COCCNC(=O)Cc1ccc(NC(=O)Nc2ccc(Cl)c(Cl)c2)cc1. The second-order valence-corrected chi connectivity index (χ2v) is 6.24. The molecule has 0 aliphatic heterocycles. The summed E-state index contributed by atoms with van der Waals surface area (Å²) in [6.45, 7) is 0.951. The van der Waals surface area contributed by atoms with Gasteiger partial charge in [-0.2, -0.15) is 0 Å². The van der Waals surface area contributed by atoms with Gasteiger partial charge in [-0.25, -0.2) is 4.79 Å². The van der Waals surface area contributed by atoms with E-state index in [0.29, 0.717) is 34.6 Å². The zero-order valence-corrected chi connectivity index (χ0v) is 15.7. The Balaban J connectivity index is 1.85. The van der Waals surface area contributed by atoms with E-state index in [-0.39, 0.29) is 12.3 Å². The van der Waals surface area contributed by atoms with Crippen molar-refractivity contribution in [3.63, 3.8) is 0 Å². The van der Waals surface area contributed by atoms with Crippen molar-refractivity contribution in [2.24, 2.45) is 0 Å². The first kappa shape index (κ1) is 20.0. The van der Waals surface area contributed by atoms with Crippen molar-refractivity contribution >= 4 is 46.5 Å². The molecule has 2 rings (SSSR count). The normalized spacial score (nSPS) is 10.3. The third-order valence-corrected chi connectivity index (χ3v) is 4.12. The van der Waals surface area contributed by atoms with Gasteiger partial charge in [-0.3, -0.25) is 4.79 Å². The van der Waals surface area contributed by atoms with Crippen molar-refractivity contribution in [3.8, 4) is 0 Å². The van der Waals surface area contributed by atoms with E-state index in [1.54, 1.807) is 49.6 Å². The van der Waals surface area contributed by atoms with Crippen LogP contribution in [-0.4, -0.2) is 32.2 Å². The van der Waals surface area contributed by atoms with Gasteiger partial charge in [0.2, 0.25) is 5.91 Å². The molecule has 0 unspecified atom stereocenters. The number of hydrogen-bond acceptors (Lipinski definition) is 3. The number of halogens is 2. The monoisotopic (exact) mass is 395 g/mol. The number of ether oxygens (including phenoxy) is 1. The molecule has 26 heavy (non-hydrogen) atoms. The fraction of sp³-hybridized carbons (Fsp3) is 0.222. The second-order valence-electron chi connectivity index (χ2n) is 5.42. The standard InChI is InChI=1S/C18H19Cl2N3O3/c1-26-9-8-21-17(24)10-12-2-4-13(5-3-12)22-18(25)23-14-6-7-15(19)16(20)11-14/h2-7,11H,8-10H2,1H3,(H,21,24)(H2,22,23,25). The molecule has 0 aliphatic carbocycles. The van der Waals surface area contributed by atoms with Crippen molar-refractivity contribution in [2.45, 2.75) is 6.42 Å². The molecule has 2 aromatic rings. The molecular formula is C18H19Cl2N3O3. The molecule has 0 saturated carbocycles. The van der Waals surface area contributed by atoms with Crippen LogP contribution >= 0.6 is 23.2 Å². The molecule has 0 bridgehead atoms. The highest BCUT2D eigenvalue weighted by atomic mass is 35.5. The van der Waals surface area contributed by atoms with Crippen LogP contribution in [0.1, 0.15) is 5.56 Å². The Bertz CT molecular complexity index is 767. The van der Waals surface area contributed by atoms with E-state index in [4.69, 9.17) is 27.9 Å². The molecule has 0 saturated heterocycles. The Morgan fingerprint density at radius 2 is 1.62 bits per heavy atom. The molecule has 138 valence electrons. The number of nitrogens with one attached hydrogen (secondary N) is 3. The number of urea groups is 1. The third kappa shape index (κ3) is 6.55. The second kappa shape index (κ2) is 10.0. The molecule has 0 spiro atoms. The number of rotatable bonds is 7. The summed E-state index contributed by atoms with van der Waals surface area (Å²) >= 11 is 11.8. The Morgan fingerprint density at radius 1 is 0.962 bits per heavy atom. The number of anilines is 2. The topological polar surface area (TPSA) is 79.5 Å². The van der Waals surface area contributed by atoms with Crippen LogP contribution in [0.4, 0.5) is 16.2 Å². The van der Waals surface area contributed by atoms with Crippen LogP contribution in [0.2, 0.25) is 10.0 Å². The summed E-state index contributed by atoms with van der Waals surface area (Å²) < 4.78 is 4.88. The predicted molar refractivity (Wildman–Crippen MR) is 104 cm³/mol. The Kier molecular flexibility index (Phi) is 7.72. The van der Waals surface area contributed by atoms with E-state index in [2.05, 4.69) is 16.0 Å². The van der Waals surface area contributed by atoms with Gasteiger partial charge in [0.25, 0.3) is 0 Å². The number of carbonyl (C=O) groups is 2. The minimum absolute atomic E-state index is 0.0832. The molecule has 0 heterocycles. The largest absolute Gasteiger partial charge is 0.383 e. The average molecular weight is 396 g/mol. The maximum absolute atomic E-state index is 12.0. The Hall–Kier alpha value is -2.28. The molecular weight excluding hydrogens is 377 g/mol. The minimum Gasteiger partial charge on any atom is -0.383 e. The van der Waals surface area contributed by atoms with Gasteiger partial charge in [-0.1, -0.05) is 35.3 Å². The van der Waals surface area contributed by atoms with Crippen LogP contribution in [0.15, 0.2) is 42.5 Å². The van der Waals surface area contributed by atoms with Gasteiger partial charge in [-0.05, 0) is 35.9 Å². The highest BCUT2D eigenvalue weighted by Gasteiger charge is 2.06. The van der Waals surface area contributed by atoms with Gasteiger partial charge in [0, 0.05) is 25.0 Å². The van der Waals surface area contributed by atoms with Crippen molar-refractivity contribution in [1.29, 1.82) is 0 Å². The molecule has 0 radical (unpaired) electrons. The zero-order valence-electron chi connectivity index (χ0n) is 14.1. The fourth-order valence-corrected chi connectivity index (χ4v) is 2.41. The molecule has 0 aliphatic rings. The first-order valence-corrected chi connectivity index (χ1v) is 8.61. The van der Waals surface area contributed by atoms with Crippen molar-refractivity contribution < 1.29 is 14.3 Å². The van der Waals surface area contributed by atoms with Crippen molar-refractivity contribution in [1.82, 2.24) is 5.32 Å². The summed E-state index contributed by atoms with van der Waals surface area (Å²) in [5, 5.41) is 8.89. The maximum atomic E-state index is 12.0. The lowest BCUT2D eigenvalue weighted by Gasteiger charge is -2.09. The Morgan fingerprint density at radius 3 is 2.27 bits per heavy atom. The van der Waals surface area contributed by atoms with E-state index in [0.717, 1.165) is 5.56 Å². The summed E-state index contributed by atoms with van der Waals surface area (Å²) in [5.74, 6) is -0.0832. The lowest BCUT2D eigenvalue weighted by atomic mass is 10.1. The van der Waals surface area contributed by atoms with Gasteiger partial charge in [0.1, 0.15) is 0 Å². The lowest BCUT2D eigenvalue weighted by molar-refractivity contribution is -0.120. The predicted octanol–water partition coefficient (Wildman–Crippen LogP) is 3.94. The first-order valence-electron chi connectivity index (χ1n) is 7.85. The minimum atomic E-state index is -0.409. The fourth-order valence-electron chi connectivity index (χ4n) is 2.11. The molecule has 0 aromatic heterocycles. The zero-order chi connectivity index (χ0) is 18.9. The van der Waals surface area contributed by atoms with E-state index in [9.17, 15) is 9.59 Å². The van der Waals surface area contributed by atoms with Crippen LogP contribution in [0.3, 0.4) is 0 Å². The number of carbonyl (C=O) groups excluding carboxylic acids is 2. The highest BCUT2D eigenvalue weighted by molar-refractivity contribution is 6.42. The van der Waals surface area contributed by atoms with E-state index < -0.39 is 6.03 Å². The van der Waals surface area contributed by atoms with Crippen LogP contribution < -0.4 is 16.0 Å². The number of hydrogen-bond donors (Lipinski definition) is 3. The molecule has 0 atom stereocenters. The van der Waals surface area contributed by atoms with Gasteiger partial charge in [0.05, 0.1) is 23.1 Å². The van der Waals surface area contributed by atoms with E-state index >= 15 is 0 Å². The summed E-state index contributed by atoms with van der Waals surface area (Å²) in [7, 11) is 1.58. The Labute approximate surface area is 161 Å². The number of amides is 3. The molecule has 3 N–H and O–H groups in total. The third-order valence-electron chi connectivity index (χ3n) is 3.38. The van der Waals surface area contributed by atoms with Crippen molar-refractivity contribution in [2.75, 3.05) is 30.9 Å². The van der Waals surface area contributed by atoms with Crippen molar-refractivity contribution in [3.05, 3.63) is 58.1 Å². The molecule has 3 amide bonds. The molecule has 2 aromatic carbocycles. The van der Waals surface area contributed by atoms with Gasteiger partial charge < -0.3 is 20.7 Å². The quantitative estimate of drug-likeness (QED) is 0.621. The lowest BCUT2D eigenvalue weighted by Crippen LogP contribution is -2.28. The first-order chi connectivity index (χ1) is 12.5. The van der Waals surface area contributed by atoms with E-state index in [1.165, 1.54) is 0 Å². The summed E-state index contributed by atoms with van der Waals surface area (Å²) in [6.07, 6.45) is 0.263. The van der Waals surface area contributed by atoms with Crippen LogP contribution in [0.25, 0.3) is 0 Å². The molecule has 8 heteroatoms. The summed E-state index contributed by atoms with van der Waals surface area (Å²) in [5.41, 5.74) is 1.97. The van der Waals surface area contributed by atoms with Gasteiger partial charge >= 0.3 is 6.03 Å². The van der Waals surface area contributed by atoms with Gasteiger partial charge in [0.15, 0.2) is 0 Å². The van der Waals surface area contributed by atoms with E-state index in [1.807, 2.05) is 0 Å². The van der Waals surface area contributed by atoms with Crippen LogP contribution in [0, 0.1) is 0 Å². The maximum Gasteiger partial charge on any atom is 0.323 e. The number of benzene rings is 2.